The summed E-state index contributed by atoms with van der Waals surface area (Å²) in [6.45, 7) is 1.80. The van der Waals surface area contributed by atoms with E-state index in [1.54, 1.807) is 51.5 Å². The maximum absolute atomic E-state index is 12.6. The molecule has 0 saturated heterocycles. The van der Waals surface area contributed by atoms with E-state index in [-0.39, 0.29) is 11.6 Å². The number of methoxy groups -OCH3 is 2. The molecule has 1 aromatic heterocycles. The number of para-hydroxylation sites is 2. The van der Waals surface area contributed by atoms with E-state index in [9.17, 15) is 4.79 Å². The number of ether oxygens (including phenoxy) is 2. The molecule has 0 aliphatic rings. The number of nitrogens with zero attached hydrogens (tertiary/aromatic N) is 2. The number of nitrogens with one attached hydrogen (secondary N) is 2. The highest BCUT2D eigenvalue weighted by atomic mass is 16.5. The van der Waals surface area contributed by atoms with E-state index in [1.807, 2.05) is 24.3 Å². The second-order valence-corrected chi connectivity index (χ2v) is 5.73. The summed E-state index contributed by atoms with van der Waals surface area (Å²) in [6, 6.07) is 16.2. The van der Waals surface area contributed by atoms with Crippen LogP contribution >= 0.6 is 0 Å². The first-order valence-corrected chi connectivity index (χ1v) is 8.30. The molecular weight excluding hydrogens is 344 g/mol. The van der Waals surface area contributed by atoms with Crippen LogP contribution in [-0.4, -0.2) is 30.1 Å². The van der Waals surface area contributed by atoms with Crippen LogP contribution in [0.15, 0.2) is 54.6 Å². The molecule has 0 aliphatic carbocycles. The lowest BCUT2D eigenvalue weighted by Crippen LogP contribution is -2.15. The summed E-state index contributed by atoms with van der Waals surface area (Å²) < 4.78 is 10.5. The van der Waals surface area contributed by atoms with Crippen LogP contribution < -0.4 is 20.1 Å². The standard InChI is InChI=1S/C20H20N4O3/c1-13-11-17(19(25)22-14-7-6-8-15(12-14)26-2)24-20(21-13)23-16-9-4-5-10-18(16)27-3/h4-12H,1-3H3,(H,22,25)(H,21,23,24). The second-order valence-electron chi connectivity index (χ2n) is 5.73. The van der Waals surface area contributed by atoms with Gasteiger partial charge in [-0.1, -0.05) is 18.2 Å². The molecular formula is C20H20N4O3. The second kappa shape index (κ2) is 8.18. The number of hydrogen-bond acceptors (Lipinski definition) is 6. The molecule has 0 aliphatic heterocycles. The third kappa shape index (κ3) is 4.52. The summed E-state index contributed by atoms with van der Waals surface area (Å²) in [5.41, 5.74) is 2.25. The first-order chi connectivity index (χ1) is 13.1. The molecule has 2 aromatic carbocycles. The minimum Gasteiger partial charge on any atom is -0.497 e. The molecule has 1 heterocycles. The average Bonchev–Trinajstić information content (AvgIpc) is 2.68. The Bertz CT molecular complexity index is 959. The number of benzene rings is 2. The summed E-state index contributed by atoms with van der Waals surface area (Å²) >= 11 is 0. The molecule has 0 fully saturated rings. The number of carbonyl (C=O) groups excluding carboxylic acids is 1. The molecule has 138 valence electrons. The molecule has 0 bridgehead atoms. The Kier molecular flexibility index (Phi) is 5.51. The number of aromatic nitrogens is 2. The van der Waals surface area contributed by atoms with Crippen LogP contribution in [-0.2, 0) is 0 Å². The first-order valence-electron chi connectivity index (χ1n) is 8.30. The summed E-state index contributed by atoms with van der Waals surface area (Å²) in [5, 5.41) is 5.91. The van der Waals surface area contributed by atoms with Crippen molar-refractivity contribution in [3.8, 4) is 11.5 Å². The molecule has 0 saturated carbocycles. The summed E-state index contributed by atoms with van der Waals surface area (Å²) in [6.07, 6.45) is 0. The average molecular weight is 364 g/mol. The normalized spacial score (nSPS) is 10.2. The van der Waals surface area contributed by atoms with Crippen molar-refractivity contribution in [1.82, 2.24) is 9.97 Å². The molecule has 27 heavy (non-hydrogen) atoms. The maximum Gasteiger partial charge on any atom is 0.274 e. The molecule has 0 unspecified atom stereocenters. The fourth-order valence-corrected chi connectivity index (χ4v) is 2.51. The lowest BCUT2D eigenvalue weighted by molar-refractivity contribution is 0.102. The molecule has 0 spiro atoms. The molecule has 3 rings (SSSR count). The monoisotopic (exact) mass is 364 g/mol. The lowest BCUT2D eigenvalue weighted by atomic mass is 10.2. The number of carbonyl (C=O) groups is 1. The first kappa shape index (κ1) is 18.2. The van der Waals surface area contributed by atoms with Crippen LogP contribution in [0.4, 0.5) is 17.3 Å². The Morgan fingerprint density at radius 3 is 2.56 bits per heavy atom. The Labute approximate surface area is 157 Å². The van der Waals surface area contributed by atoms with Crippen LogP contribution in [0.5, 0.6) is 11.5 Å². The molecule has 2 N–H and O–H groups in total. The molecule has 3 aromatic rings. The van der Waals surface area contributed by atoms with Gasteiger partial charge in [-0.3, -0.25) is 4.79 Å². The molecule has 0 atom stereocenters. The maximum atomic E-state index is 12.6. The van der Waals surface area contributed by atoms with Gasteiger partial charge in [-0.2, -0.15) is 0 Å². The van der Waals surface area contributed by atoms with Gasteiger partial charge in [0.2, 0.25) is 5.95 Å². The van der Waals surface area contributed by atoms with Gasteiger partial charge in [-0.15, -0.1) is 0 Å². The molecule has 7 heteroatoms. The van der Waals surface area contributed by atoms with Gasteiger partial charge < -0.3 is 20.1 Å². The van der Waals surface area contributed by atoms with Crippen LogP contribution in [0.2, 0.25) is 0 Å². The highest BCUT2D eigenvalue weighted by molar-refractivity contribution is 6.03. The van der Waals surface area contributed by atoms with E-state index in [0.29, 0.717) is 34.5 Å². The smallest absolute Gasteiger partial charge is 0.274 e. The quantitative estimate of drug-likeness (QED) is 0.692. The van der Waals surface area contributed by atoms with Crippen molar-refractivity contribution in [1.29, 1.82) is 0 Å². The predicted octanol–water partition coefficient (Wildman–Crippen LogP) is 3.80. The van der Waals surface area contributed by atoms with Crippen molar-refractivity contribution in [3.05, 3.63) is 66.0 Å². The zero-order valence-electron chi connectivity index (χ0n) is 15.3. The van der Waals surface area contributed by atoms with Gasteiger partial charge in [-0.05, 0) is 37.3 Å². The van der Waals surface area contributed by atoms with Crippen LogP contribution in [0, 0.1) is 6.92 Å². The summed E-state index contributed by atoms with van der Waals surface area (Å²) in [7, 11) is 3.16. The third-order valence-corrected chi connectivity index (χ3v) is 3.77. The van der Waals surface area contributed by atoms with Crippen molar-refractivity contribution in [3.63, 3.8) is 0 Å². The van der Waals surface area contributed by atoms with Gasteiger partial charge >= 0.3 is 0 Å². The fourth-order valence-electron chi connectivity index (χ4n) is 2.51. The number of amides is 1. The molecule has 7 nitrogen and oxygen atoms in total. The molecule has 1 amide bonds. The summed E-state index contributed by atoms with van der Waals surface area (Å²) in [5.74, 6) is 1.29. The topological polar surface area (TPSA) is 85.4 Å². The zero-order valence-corrected chi connectivity index (χ0v) is 15.3. The highest BCUT2D eigenvalue weighted by Crippen LogP contribution is 2.26. The third-order valence-electron chi connectivity index (χ3n) is 3.77. The highest BCUT2D eigenvalue weighted by Gasteiger charge is 2.12. The van der Waals surface area contributed by atoms with E-state index < -0.39 is 0 Å². The van der Waals surface area contributed by atoms with E-state index in [2.05, 4.69) is 20.6 Å². The Morgan fingerprint density at radius 2 is 1.78 bits per heavy atom. The number of aryl methyl sites for hydroxylation is 1. The van der Waals surface area contributed by atoms with Crippen LogP contribution in [0.3, 0.4) is 0 Å². The zero-order chi connectivity index (χ0) is 19.2. The van der Waals surface area contributed by atoms with Crippen molar-refractivity contribution >= 4 is 23.2 Å². The van der Waals surface area contributed by atoms with Gasteiger partial charge in [0, 0.05) is 17.4 Å². The molecule has 0 radical (unpaired) electrons. The van der Waals surface area contributed by atoms with Gasteiger partial charge in [0.1, 0.15) is 17.2 Å². The van der Waals surface area contributed by atoms with Gasteiger partial charge in [0.15, 0.2) is 0 Å². The van der Waals surface area contributed by atoms with Crippen molar-refractivity contribution in [2.45, 2.75) is 6.92 Å². The Morgan fingerprint density at radius 1 is 0.963 bits per heavy atom. The minimum atomic E-state index is -0.336. The van der Waals surface area contributed by atoms with E-state index in [1.165, 1.54) is 0 Å². The summed E-state index contributed by atoms with van der Waals surface area (Å²) in [4.78, 5) is 21.3. The van der Waals surface area contributed by atoms with Crippen molar-refractivity contribution < 1.29 is 14.3 Å². The number of rotatable bonds is 6. The minimum absolute atomic E-state index is 0.253. The Balaban J connectivity index is 1.83. The van der Waals surface area contributed by atoms with Crippen LogP contribution in [0.25, 0.3) is 0 Å². The SMILES string of the molecule is COc1cccc(NC(=O)c2cc(C)nc(Nc3ccccc3OC)n2)c1. The van der Waals surface area contributed by atoms with E-state index in [4.69, 9.17) is 9.47 Å². The number of anilines is 3. The number of hydrogen-bond donors (Lipinski definition) is 2. The van der Waals surface area contributed by atoms with Gasteiger partial charge in [0.05, 0.1) is 19.9 Å². The van der Waals surface area contributed by atoms with E-state index in [0.717, 1.165) is 0 Å². The fraction of sp³-hybridized carbons (Fsp3) is 0.150. The van der Waals surface area contributed by atoms with E-state index >= 15 is 0 Å². The van der Waals surface area contributed by atoms with Crippen molar-refractivity contribution in [2.24, 2.45) is 0 Å². The Hall–Kier alpha value is -3.61. The lowest BCUT2D eigenvalue weighted by Gasteiger charge is -2.11. The van der Waals surface area contributed by atoms with Gasteiger partial charge in [0.25, 0.3) is 5.91 Å². The van der Waals surface area contributed by atoms with Crippen molar-refractivity contribution in [2.75, 3.05) is 24.9 Å². The predicted molar refractivity (Wildman–Crippen MR) is 104 cm³/mol. The van der Waals surface area contributed by atoms with Gasteiger partial charge in [-0.25, -0.2) is 9.97 Å². The van der Waals surface area contributed by atoms with Crippen LogP contribution in [0.1, 0.15) is 16.2 Å². The largest absolute Gasteiger partial charge is 0.497 e.